The van der Waals surface area contributed by atoms with E-state index in [9.17, 15) is 4.79 Å². The molecule has 0 bridgehead atoms. The van der Waals surface area contributed by atoms with Gasteiger partial charge in [0.2, 0.25) is 5.91 Å². The van der Waals surface area contributed by atoms with Crippen molar-refractivity contribution in [2.24, 2.45) is 11.8 Å². The number of hydrogen-bond acceptors (Lipinski definition) is 2. The van der Waals surface area contributed by atoms with Crippen LogP contribution in [0.4, 0.5) is 0 Å². The lowest BCUT2D eigenvalue weighted by Crippen LogP contribution is -2.32. The van der Waals surface area contributed by atoms with Gasteiger partial charge in [0.1, 0.15) is 0 Å². The quantitative estimate of drug-likeness (QED) is 0.701. The van der Waals surface area contributed by atoms with Gasteiger partial charge in [0.15, 0.2) is 0 Å². The summed E-state index contributed by atoms with van der Waals surface area (Å²) in [6.07, 6.45) is 5.82. The molecule has 80 valence electrons. The Hall–Kier alpha value is -0.570. The highest BCUT2D eigenvalue weighted by molar-refractivity contribution is 5.76. The molecule has 1 atom stereocenters. The number of hydrogen-bond donors (Lipinski definition) is 2. The first-order chi connectivity index (χ1) is 6.84. The van der Waals surface area contributed by atoms with E-state index in [1.165, 1.54) is 25.7 Å². The van der Waals surface area contributed by atoms with Crippen LogP contribution in [0.2, 0.25) is 0 Å². The standard InChI is InChI=1S/C11H20N2O/c14-11(6-9-2-1-3-9)13-8-10-4-5-12-7-10/h9-10,12H,1-8H2,(H,13,14). The molecule has 14 heavy (non-hydrogen) atoms. The molecule has 1 unspecified atom stereocenters. The number of carbonyl (C=O) groups excluding carboxylic acids is 1. The lowest BCUT2D eigenvalue weighted by molar-refractivity contribution is -0.122. The van der Waals surface area contributed by atoms with Crippen molar-refractivity contribution < 1.29 is 4.79 Å². The molecule has 1 aliphatic carbocycles. The molecule has 0 aromatic carbocycles. The maximum atomic E-state index is 11.5. The Labute approximate surface area is 85.6 Å². The average molecular weight is 196 g/mol. The minimum atomic E-state index is 0.265. The van der Waals surface area contributed by atoms with E-state index >= 15 is 0 Å². The van der Waals surface area contributed by atoms with Crippen molar-refractivity contribution in [1.82, 2.24) is 10.6 Å². The van der Waals surface area contributed by atoms with Crippen LogP contribution in [0.15, 0.2) is 0 Å². The van der Waals surface area contributed by atoms with Gasteiger partial charge in [-0.3, -0.25) is 4.79 Å². The van der Waals surface area contributed by atoms with Gasteiger partial charge < -0.3 is 10.6 Å². The molecule has 1 saturated heterocycles. The molecule has 0 spiro atoms. The molecule has 1 aliphatic heterocycles. The predicted octanol–water partition coefficient (Wildman–Crippen LogP) is 0.902. The van der Waals surface area contributed by atoms with Crippen LogP contribution in [0.1, 0.15) is 32.1 Å². The molecule has 0 radical (unpaired) electrons. The molecule has 2 aliphatic rings. The van der Waals surface area contributed by atoms with Crippen molar-refractivity contribution >= 4 is 5.91 Å². The number of amides is 1. The summed E-state index contributed by atoms with van der Waals surface area (Å²) in [6.45, 7) is 3.06. The zero-order valence-corrected chi connectivity index (χ0v) is 8.72. The molecule has 0 aromatic heterocycles. The highest BCUT2D eigenvalue weighted by atomic mass is 16.1. The maximum Gasteiger partial charge on any atom is 0.220 e. The van der Waals surface area contributed by atoms with E-state index in [0.717, 1.165) is 26.1 Å². The molecule has 1 amide bonds. The fourth-order valence-corrected chi connectivity index (χ4v) is 2.18. The summed E-state index contributed by atoms with van der Waals surface area (Å²) in [4.78, 5) is 11.5. The second-order valence-electron chi connectivity index (χ2n) is 4.66. The van der Waals surface area contributed by atoms with E-state index in [-0.39, 0.29) is 5.91 Å². The van der Waals surface area contributed by atoms with E-state index in [4.69, 9.17) is 0 Å². The van der Waals surface area contributed by atoms with Crippen molar-refractivity contribution in [3.05, 3.63) is 0 Å². The Balaban J connectivity index is 1.57. The Kier molecular flexibility index (Phi) is 3.40. The third kappa shape index (κ3) is 2.71. The third-order valence-corrected chi connectivity index (χ3v) is 3.45. The molecule has 2 N–H and O–H groups in total. The van der Waals surface area contributed by atoms with E-state index in [1.54, 1.807) is 0 Å². The van der Waals surface area contributed by atoms with Crippen molar-refractivity contribution in [2.45, 2.75) is 32.1 Å². The Morgan fingerprint density at radius 3 is 2.71 bits per heavy atom. The van der Waals surface area contributed by atoms with Crippen molar-refractivity contribution in [3.8, 4) is 0 Å². The largest absolute Gasteiger partial charge is 0.356 e. The lowest BCUT2D eigenvalue weighted by atomic mass is 9.83. The summed E-state index contributed by atoms with van der Waals surface area (Å²) in [5.41, 5.74) is 0. The van der Waals surface area contributed by atoms with Gasteiger partial charge in [-0.15, -0.1) is 0 Å². The first-order valence-corrected chi connectivity index (χ1v) is 5.82. The van der Waals surface area contributed by atoms with E-state index < -0.39 is 0 Å². The molecular formula is C11H20N2O. The predicted molar refractivity (Wildman–Crippen MR) is 55.9 cm³/mol. The van der Waals surface area contributed by atoms with Gasteiger partial charge in [-0.2, -0.15) is 0 Å². The van der Waals surface area contributed by atoms with Crippen LogP contribution in [0.25, 0.3) is 0 Å². The van der Waals surface area contributed by atoms with Gasteiger partial charge in [0.05, 0.1) is 0 Å². The van der Waals surface area contributed by atoms with Gasteiger partial charge in [-0.1, -0.05) is 6.42 Å². The second-order valence-corrected chi connectivity index (χ2v) is 4.66. The fraction of sp³-hybridized carbons (Fsp3) is 0.909. The van der Waals surface area contributed by atoms with Crippen molar-refractivity contribution in [2.75, 3.05) is 19.6 Å². The normalized spacial score (nSPS) is 27.3. The molecule has 1 saturated carbocycles. The molecule has 1 heterocycles. The third-order valence-electron chi connectivity index (χ3n) is 3.45. The van der Waals surface area contributed by atoms with Crippen LogP contribution in [0.5, 0.6) is 0 Å². The van der Waals surface area contributed by atoms with Crippen molar-refractivity contribution in [3.63, 3.8) is 0 Å². The molecular weight excluding hydrogens is 176 g/mol. The first-order valence-electron chi connectivity index (χ1n) is 5.82. The van der Waals surface area contributed by atoms with Crippen LogP contribution in [0.3, 0.4) is 0 Å². The van der Waals surface area contributed by atoms with Crippen LogP contribution in [-0.4, -0.2) is 25.5 Å². The number of rotatable bonds is 4. The second kappa shape index (κ2) is 4.78. The summed E-state index contributed by atoms with van der Waals surface area (Å²) in [7, 11) is 0. The van der Waals surface area contributed by atoms with Crippen LogP contribution < -0.4 is 10.6 Å². The van der Waals surface area contributed by atoms with Crippen LogP contribution in [-0.2, 0) is 4.79 Å². The SMILES string of the molecule is O=C(CC1CCC1)NCC1CCNC1. The Morgan fingerprint density at radius 1 is 1.29 bits per heavy atom. The molecule has 3 heteroatoms. The van der Waals surface area contributed by atoms with E-state index in [2.05, 4.69) is 10.6 Å². The number of nitrogens with one attached hydrogen (secondary N) is 2. The topological polar surface area (TPSA) is 41.1 Å². The molecule has 2 rings (SSSR count). The summed E-state index contributed by atoms with van der Waals surface area (Å²) in [6, 6.07) is 0. The van der Waals surface area contributed by atoms with Gasteiger partial charge >= 0.3 is 0 Å². The van der Waals surface area contributed by atoms with Crippen LogP contribution in [0, 0.1) is 11.8 Å². The highest BCUT2D eigenvalue weighted by Gasteiger charge is 2.21. The average Bonchev–Trinajstić information content (AvgIpc) is 2.60. The van der Waals surface area contributed by atoms with Gasteiger partial charge in [-0.05, 0) is 44.2 Å². The number of carbonyl (C=O) groups is 1. The molecule has 2 fully saturated rings. The monoisotopic (exact) mass is 196 g/mol. The summed E-state index contributed by atoms with van der Waals surface area (Å²) < 4.78 is 0. The highest BCUT2D eigenvalue weighted by Crippen LogP contribution is 2.29. The summed E-state index contributed by atoms with van der Waals surface area (Å²) >= 11 is 0. The maximum absolute atomic E-state index is 11.5. The Bertz CT molecular complexity index is 195. The minimum Gasteiger partial charge on any atom is -0.356 e. The van der Waals surface area contributed by atoms with Gasteiger partial charge in [0.25, 0.3) is 0 Å². The Morgan fingerprint density at radius 2 is 2.14 bits per heavy atom. The zero-order chi connectivity index (χ0) is 9.80. The fourth-order valence-electron chi connectivity index (χ4n) is 2.18. The van der Waals surface area contributed by atoms with Crippen LogP contribution >= 0.6 is 0 Å². The minimum absolute atomic E-state index is 0.265. The lowest BCUT2D eigenvalue weighted by Gasteiger charge is -2.24. The van der Waals surface area contributed by atoms with E-state index in [0.29, 0.717) is 11.8 Å². The summed E-state index contributed by atoms with van der Waals surface area (Å²) in [5, 5.41) is 6.35. The smallest absolute Gasteiger partial charge is 0.220 e. The molecule has 0 aromatic rings. The first kappa shape index (κ1) is 9.97. The van der Waals surface area contributed by atoms with Gasteiger partial charge in [0, 0.05) is 13.0 Å². The van der Waals surface area contributed by atoms with Crippen molar-refractivity contribution in [1.29, 1.82) is 0 Å². The molecule has 3 nitrogen and oxygen atoms in total. The van der Waals surface area contributed by atoms with Gasteiger partial charge in [-0.25, -0.2) is 0 Å². The zero-order valence-electron chi connectivity index (χ0n) is 8.72. The van der Waals surface area contributed by atoms with E-state index in [1.807, 2.05) is 0 Å². The summed E-state index contributed by atoms with van der Waals surface area (Å²) in [5.74, 6) is 1.62.